The summed E-state index contributed by atoms with van der Waals surface area (Å²) in [7, 11) is 0. The maximum atomic E-state index is 12.0. The average molecular weight is 301 g/mol. The smallest absolute Gasteiger partial charge is 0.186 e. The number of aromatic nitrogens is 2. The fourth-order valence-electron chi connectivity index (χ4n) is 1.97. The number of aryl methyl sites for hydroxylation is 2. The van der Waals surface area contributed by atoms with Gasteiger partial charge in [0.15, 0.2) is 16.8 Å². The number of thioether (sulfide) groups is 1. The lowest BCUT2D eigenvalue weighted by Gasteiger charge is -2.03. The van der Waals surface area contributed by atoms with Gasteiger partial charge in [-0.1, -0.05) is 11.8 Å². The number of benzene rings is 1. The van der Waals surface area contributed by atoms with Gasteiger partial charge >= 0.3 is 0 Å². The number of imidazole rings is 1. The van der Waals surface area contributed by atoms with Crippen molar-refractivity contribution in [1.82, 2.24) is 9.97 Å². The number of H-pyrrole nitrogens is 1. The quantitative estimate of drug-likeness (QED) is 0.938. The van der Waals surface area contributed by atoms with Crippen LogP contribution < -0.4 is 0 Å². The van der Waals surface area contributed by atoms with E-state index in [-0.39, 0.29) is 16.7 Å². The van der Waals surface area contributed by atoms with Crippen molar-refractivity contribution in [3.05, 3.63) is 29.1 Å². The van der Waals surface area contributed by atoms with Gasteiger partial charge < -0.3 is 4.98 Å². The van der Waals surface area contributed by atoms with E-state index < -0.39 is 5.92 Å². The minimum absolute atomic E-state index is 0.0112. The SMILES string of the molecule is CC(=O)SCC(=O)[C@@H](C#N)c1nc2cc(C)c(C)cc2[nH]1. The highest BCUT2D eigenvalue weighted by Crippen LogP contribution is 2.22. The standard InChI is InChI=1S/C15H15N3O2S/c1-8-4-12-13(5-9(8)2)18-15(17-12)11(6-16)14(20)7-21-10(3)19/h4-5,11H,7H2,1-3H3,(H,17,18)/t11-/m1/s1. The fraction of sp³-hybridized carbons (Fsp3) is 0.333. The molecule has 0 amide bonds. The highest BCUT2D eigenvalue weighted by Gasteiger charge is 2.24. The summed E-state index contributed by atoms with van der Waals surface area (Å²) in [5, 5.41) is 9.08. The first kappa shape index (κ1) is 15.3. The van der Waals surface area contributed by atoms with E-state index in [9.17, 15) is 14.9 Å². The molecule has 0 bridgehead atoms. The number of hydrogen-bond acceptors (Lipinski definition) is 5. The van der Waals surface area contributed by atoms with Gasteiger partial charge in [-0.2, -0.15) is 5.26 Å². The molecule has 0 unspecified atom stereocenters. The Bertz CT molecular complexity index is 719. The highest BCUT2D eigenvalue weighted by atomic mass is 32.2. The molecule has 21 heavy (non-hydrogen) atoms. The van der Waals surface area contributed by atoms with Crippen molar-refractivity contribution in [3.63, 3.8) is 0 Å². The molecular formula is C15H15N3O2S. The molecule has 5 nitrogen and oxygen atoms in total. The van der Waals surface area contributed by atoms with Gasteiger partial charge in [-0.15, -0.1) is 0 Å². The van der Waals surface area contributed by atoms with Crippen molar-refractivity contribution in [2.24, 2.45) is 0 Å². The number of aromatic amines is 1. The number of nitrogens with one attached hydrogen (secondary N) is 1. The van der Waals surface area contributed by atoms with Crippen LogP contribution >= 0.6 is 11.8 Å². The van der Waals surface area contributed by atoms with Gasteiger partial charge in [-0.3, -0.25) is 9.59 Å². The lowest BCUT2D eigenvalue weighted by Crippen LogP contribution is -2.15. The summed E-state index contributed by atoms with van der Waals surface area (Å²) in [4.78, 5) is 30.3. The molecule has 0 aliphatic carbocycles. The summed E-state index contributed by atoms with van der Waals surface area (Å²) in [5.41, 5.74) is 3.76. The second-order valence-corrected chi connectivity index (χ2v) is 6.04. The number of carbonyl (C=O) groups excluding carboxylic acids is 2. The van der Waals surface area contributed by atoms with E-state index in [2.05, 4.69) is 9.97 Å². The number of Topliss-reactive ketones (excluding diaryl/α,β-unsaturated/α-hetero) is 1. The molecular weight excluding hydrogens is 286 g/mol. The van der Waals surface area contributed by atoms with Crippen LogP contribution in [0, 0.1) is 25.2 Å². The van der Waals surface area contributed by atoms with E-state index >= 15 is 0 Å². The molecule has 6 heteroatoms. The first-order valence-corrected chi connectivity index (χ1v) is 7.43. The van der Waals surface area contributed by atoms with Crippen LogP contribution in [0.15, 0.2) is 12.1 Å². The summed E-state index contributed by atoms with van der Waals surface area (Å²) in [5.74, 6) is -0.954. The first-order chi connectivity index (χ1) is 9.92. The summed E-state index contributed by atoms with van der Waals surface area (Å²) in [6, 6.07) is 5.84. The number of nitrogens with zero attached hydrogens (tertiary/aromatic N) is 2. The Labute approximate surface area is 126 Å². The maximum Gasteiger partial charge on any atom is 0.186 e. The van der Waals surface area contributed by atoms with E-state index in [0.29, 0.717) is 5.82 Å². The molecule has 1 aromatic heterocycles. The van der Waals surface area contributed by atoms with Gasteiger partial charge in [0.05, 0.1) is 22.9 Å². The van der Waals surface area contributed by atoms with Crippen LogP contribution in [0.1, 0.15) is 29.8 Å². The molecule has 1 N–H and O–H groups in total. The third-order valence-corrected chi connectivity index (χ3v) is 4.09. The second kappa shape index (κ2) is 6.10. The van der Waals surface area contributed by atoms with E-state index in [1.54, 1.807) is 0 Å². The molecule has 1 heterocycles. The third-order valence-electron chi connectivity index (χ3n) is 3.26. The normalized spacial score (nSPS) is 12.1. The summed E-state index contributed by atoms with van der Waals surface area (Å²) >= 11 is 0.908. The number of nitriles is 1. The predicted octanol–water partition coefficient (Wildman–Crippen LogP) is 2.64. The molecule has 108 valence electrons. The van der Waals surface area contributed by atoms with Crippen molar-refractivity contribution >= 4 is 33.7 Å². The first-order valence-electron chi connectivity index (χ1n) is 6.45. The van der Waals surface area contributed by atoms with Gasteiger partial charge in [0.2, 0.25) is 0 Å². The molecule has 0 fully saturated rings. The molecule has 0 saturated heterocycles. The summed E-state index contributed by atoms with van der Waals surface area (Å²) in [6.07, 6.45) is 0. The molecule has 0 saturated carbocycles. The Kier molecular flexibility index (Phi) is 4.43. The number of ketones is 1. The summed E-state index contributed by atoms with van der Waals surface area (Å²) < 4.78 is 0. The Morgan fingerprint density at radius 1 is 1.38 bits per heavy atom. The number of carbonyl (C=O) groups is 2. The highest BCUT2D eigenvalue weighted by molar-refractivity contribution is 8.14. The third kappa shape index (κ3) is 3.31. The van der Waals surface area contributed by atoms with Crippen molar-refractivity contribution in [2.75, 3.05) is 5.75 Å². The van der Waals surface area contributed by atoms with Crippen LogP contribution in [0.2, 0.25) is 0 Å². The zero-order chi connectivity index (χ0) is 15.6. The van der Waals surface area contributed by atoms with Crippen molar-refractivity contribution in [1.29, 1.82) is 5.26 Å². The van der Waals surface area contributed by atoms with Crippen molar-refractivity contribution in [3.8, 4) is 6.07 Å². The molecule has 2 rings (SSSR count). The van der Waals surface area contributed by atoms with Gasteiger partial charge in [0.1, 0.15) is 5.82 Å². The second-order valence-electron chi connectivity index (χ2n) is 4.88. The largest absolute Gasteiger partial charge is 0.340 e. The molecule has 1 aromatic carbocycles. The Hall–Kier alpha value is -2.13. The summed E-state index contributed by atoms with van der Waals surface area (Å²) in [6.45, 7) is 5.37. The molecule has 0 spiro atoms. The van der Waals surface area contributed by atoms with Gasteiger partial charge in [0.25, 0.3) is 0 Å². The molecule has 0 aliphatic heterocycles. The monoisotopic (exact) mass is 301 g/mol. The van der Waals surface area contributed by atoms with Crippen LogP contribution in [0.25, 0.3) is 11.0 Å². The number of fused-ring (bicyclic) bond motifs is 1. The Balaban J connectivity index is 2.32. The molecule has 1 atom stereocenters. The lowest BCUT2D eigenvalue weighted by atomic mass is 10.1. The van der Waals surface area contributed by atoms with Gasteiger partial charge in [0, 0.05) is 6.92 Å². The zero-order valence-electron chi connectivity index (χ0n) is 12.1. The van der Waals surface area contributed by atoms with E-state index in [1.165, 1.54) is 6.92 Å². The minimum Gasteiger partial charge on any atom is -0.340 e. The topological polar surface area (TPSA) is 86.6 Å². The van der Waals surface area contributed by atoms with Crippen LogP contribution in [0.3, 0.4) is 0 Å². The van der Waals surface area contributed by atoms with Crippen molar-refractivity contribution in [2.45, 2.75) is 26.7 Å². The van der Waals surface area contributed by atoms with E-state index in [1.807, 2.05) is 32.0 Å². The predicted molar refractivity (Wildman–Crippen MR) is 82.1 cm³/mol. The Morgan fingerprint density at radius 3 is 2.67 bits per heavy atom. The average Bonchev–Trinajstić information content (AvgIpc) is 2.80. The molecule has 0 radical (unpaired) electrons. The fourth-order valence-corrected chi connectivity index (χ4v) is 2.48. The van der Waals surface area contributed by atoms with Crippen LogP contribution in [0.4, 0.5) is 0 Å². The van der Waals surface area contributed by atoms with Gasteiger partial charge in [-0.25, -0.2) is 4.98 Å². The van der Waals surface area contributed by atoms with Crippen molar-refractivity contribution < 1.29 is 9.59 Å². The number of rotatable bonds is 4. The molecule has 2 aromatic rings. The molecule has 0 aliphatic rings. The maximum absolute atomic E-state index is 12.0. The van der Waals surface area contributed by atoms with E-state index in [4.69, 9.17) is 0 Å². The van der Waals surface area contributed by atoms with E-state index in [0.717, 1.165) is 33.9 Å². The minimum atomic E-state index is -0.968. The van der Waals surface area contributed by atoms with Crippen LogP contribution in [-0.2, 0) is 9.59 Å². The lowest BCUT2D eigenvalue weighted by molar-refractivity contribution is -0.117. The van der Waals surface area contributed by atoms with Gasteiger partial charge in [-0.05, 0) is 37.1 Å². The Morgan fingerprint density at radius 2 is 2.05 bits per heavy atom. The van der Waals surface area contributed by atoms with Crippen LogP contribution in [0.5, 0.6) is 0 Å². The van der Waals surface area contributed by atoms with Crippen LogP contribution in [-0.4, -0.2) is 26.6 Å². The zero-order valence-corrected chi connectivity index (χ0v) is 12.9. The number of hydrogen-bond donors (Lipinski definition) is 1.